The van der Waals surface area contributed by atoms with E-state index in [1.807, 2.05) is 12.3 Å². The number of nitrogens with zero attached hydrogens (tertiary/aromatic N) is 5. The molecule has 0 aliphatic rings. The molecule has 5 nitrogen and oxygen atoms in total. The Kier molecular flexibility index (Phi) is 9.23. The van der Waals surface area contributed by atoms with Crippen LogP contribution < -0.4 is 4.98 Å². The fourth-order valence-corrected chi connectivity index (χ4v) is 9.06. The smallest absolute Gasteiger partial charge is 0.656 e. The summed E-state index contributed by atoms with van der Waals surface area (Å²) in [6.07, 6.45) is 1.86. The van der Waals surface area contributed by atoms with Crippen LogP contribution in [0.2, 0.25) is 0 Å². The molecule has 0 spiro atoms. The van der Waals surface area contributed by atoms with Crippen molar-refractivity contribution in [2.45, 2.75) is 45.4 Å². The standard InChI is InChI=1S/C55H43N5.Pt/c1-54(2,3)37-27-29-47-45(32-37)41-28-26-35(31-48(41)60(47)50-25-14-15-30-56-50)44-33-38(55(4,5)36-17-8-6-9-18-36)34-49-52(44)58-53(59(49)39-19-10-7-11-20-39)43-23-16-22-42-40-21-12-13-24-46(40)57-51(42)43;/h6-30,32-34H,1-5H3;/q-2;+2. The summed E-state index contributed by atoms with van der Waals surface area (Å²) in [6.45, 7) is 11.4. The summed E-state index contributed by atoms with van der Waals surface area (Å²) < 4.78 is 4.59. The van der Waals surface area contributed by atoms with Crippen LogP contribution in [0.4, 0.5) is 0 Å². The van der Waals surface area contributed by atoms with E-state index in [0.29, 0.717) is 0 Å². The van der Waals surface area contributed by atoms with Crippen molar-refractivity contribution in [3.8, 4) is 34.0 Å². The quantitative estimate of drug-likeness (QED) is 0.156. The third kappa shape index (κ3) is 6.25. The van der Waals surface area contributed by atoms with E-state index in [4.69, 9.17) is 15.0 Å². The number of imidazole rings is 1. The van der Waals surface area contributed by atoms with Gasteiger partial charge in [-0.25, -0.2) is 9.97 Å². The van der Waals surface area contributed by atoms with Gasteiger partial charge in [-0.05, 0) is 80.2 Å². The summed E-state index contributed by atoms with van der Waals surface area (Å²) in [5.41, 5.74) is 13.3. The molecule has 0 unspecified atom stereocenters. The first-order valence-corrected chi connectivity index (χ1v) is 20.7. The molecular weight excluding hydrogens is 926 g/mol. The van der Waals surface area contributed by atoms with E-state index < -0.39 is 0 Å². The number of benzene rings is 7. The first kappa shape index (κ1) is 38.6. The SMILES string of the molecule is CC(C)(C)c1ccc2c(c1)c1ccc(-c3cc(C(C)(C)c4ccccc4)cc4c3nc(-c3cccc5c3[n-]c3ccccc35)n4-c3ccccc3)[c-]c1n2-c1ccccn1.[Pt+2]. The van der Waals surface area contributed by atoms with Gasteiger partial charge in [0.15, 0.2) is 0 Å². The van der Waals surface area contributed by atoms with Crippen molar-refractivity contribution in [1.82, 2.24) is 24.1 Å². The van der Waals surface area contributed by atoms with Gasteiger partial charge >= 0.3 is 21.1 Å². The van der Waals surface area contributed by atoms with E-state index in [-0.39, 0.29) is 31.9 Å². The van der Waals surface area contributed by atoms with Crippen LogP contribution in [0.3, 0.4) is 0 Å². The number of fused-ring (bicyclic) bond motifs is 7. The third-order valence-corrected chi connectivity index (χ3v) is 12.4. The maximum absolute atomic E-state index is 5.68. The molecule has 61 heavy (non-hydrogen) atoms. The zero-order chi connectivity index (χ0) is 40.8. The van der Waals surface area contributed by atoms with Crippen LogP contribution in [0.15, 0.2) is 170 Å². The molecule has 0 saturated carbocycles. The van der Waals surface area contributed by atoms with Crippen LogP contribution in [0, 0.1) is 6.07 Å². The van der Waals surface area contributed by atoms with Gasteiger partial charge in [0.05, 0.1) is 11.0 Å². The molecule has 11 rings (SSSR count). The molecule has 298 valence electrons. The second kappa shape index (κ2) is 14.6. The number of para-hydroxylation sites is 3. The number of rotatable bonds is 6. The topological polar surface area (TPSA) is 49.7 Å². The van der Waals surface area contributed by atoms with Crippen LogP contribution in [0.25, 0.3) is 88.7 Å². The number of aromatic nitrogens is 5. The first-order chi connectivity index (χ1) is 29.1. The second-order valence-corrected chi connectivity index (χ2v) is 17.5. The third-order valence-electron chi connectivity index (χ3n) is 12.4. The molecule has 0 atom stereocenters. The molecule has 11 aromatic rings. The van der Waals surface area contributed by atoms with Crippen LogP contribution in [0.1, 0.15) is 51.3 Å². The normalized spacial score (nSPS) is 12.2. The summed E-state index contributed by atoms with van der Waals surface area (Å²) >= 11 is 0. The Bertz CT molecular complexity index is 3420. The van der Waals surface area contributed by atoms with Crippen molar-refractivity contribution in [3.05, 3.63) is 193 Å². The van der Waals surface area contributed by atoms with Gasteiger partial charge in [-0.3, -0.25) is 4.57 Å². The van der Waals surface area contributed by atoms with E-state index >= 15 is 0 Å². The van der Waals surface area contributed by atoms with Gasteiger partial charge in [0.1, 0.15) is 11.6 Å². The van der Waals surface area contributed by atoms with Crippen molar-refractivity contribution in [1.29, 1.82) is 0 Å². The maximum atomic E-state index is 5.68. The molecule has 0 aliphatic heterocycles. The number of pyridine rings is 1. The summed E-state index contributed by atoms with van der Waals surface area (Å²) in [6, 6.07) is 62.4. The van der Waals surface area contributed by atoms with Crippen molar-refractivity contribution in [3.63, 3.8) is 0 Å². The Balaban J connectivity index is 0.00000445. The second-order valence-electron chi connectivity index (χ2n) is 17.5. The summed E-state index contributed by atoms with van der Waals surface area (Å²) in [7, 11) is 0. The molecule has 0 fully saturated rings. The van der Waals surface area contributed by atoms with E-state index in [2.05, 4.69) is 208 Å². The molecule has 0 bridgehead atoms. The monoisotopic (exact) mass is 968 g/mol. The average Bonchev–Trinajstić information content (AvgIpc) is 3.96. The molecule has 4 aromatic heterocycles. The Morgan fingerprint density at radius 2 is 1.28 bits per heavy atom. The molecule has 7 aromatic carbocycles. The van der Waals surface area contributed by atoms with E-state index in [1.165, 1.54) is 22.1 Å². The summed E-state index contributed by atoms with van der Waals surface area (Å²) in [4.78, 5) is 15.8. The molecule has 6 heteroatoms. The van der Waals surface area contributed by atoms with Crippen molar-refractivity contribution in [2.75, 3.05) is 0 Å². The van der Waals surface area contributed by atoms with Gasteiger partial charge in [0, 0.05) is 28.4 Å². The molecular formula is C55H43N5Pt. The largest absolute Gasteiger partial charge is 2.00 e. The van der Waals surface area contributed by atoms with Gasteiger partial charge in [0.2, 0.25) is 0 Å². The Morgan fingerprint density at radius 1 is 0.541 bits per heavy atom. The van der Waals surface area contributed by atoms with Crippen LogP contribution in [0.5, 0.6) is 0 Å². The van der Waals surface area contributed by atoms with Gasteiger partial charge in [-0.15, -0.1) is 34.8 Å². The van der Waals surface area contributed by atoms with Crippen LogP contribution >= 0.6 is 0 Å². The Labute approximate surface area is 370 Å². The van der Waals surface area contributed by atoms with E-state index in [9.17, 15) is 0 Å². The first-order valence-electron chi connectivity index (χ1n) is 20.7. The van der Waals surface area contributed by atoms with Crippen LogP contribution in [-0.2, 0) is 31.9 Å². The minimum Gasteiger partial charge on any atom is -0.656 e. The predicted molar refractivity (Wildman–Crippen MR) is 249 cm³/mol. The molecule has 0 N–H and O–H groups in total. The van der Waals surface area contributed by atoms with Crippen molar-refractivity contribution in [2.24, 2.45) is 0 Å². The zero-order valence-corrected chi connectivity index (χ0v) is 37.0. The van der Waals surface area contributed by atoms with Gasteiger partial charge in [0.25, 0.3) is 0 Å². The van der Waals surface area contributed by atoms with E-state index in [0.717, 1.165) is 83.3 Å². The molecule has 0 saturated heterocycles. The fraction of sp³-hybridized carbons (Fsp3) is 0.127. The minimum absolute atomic E-state index is 0. The molecule has 0 amide bonds. The Morgan fingerprint density at radius 3 is 2.05 bits per heavy atom. The van der Waals surface area contributed by atoms with E-state index in [1.54, 1.807) is 0 Å². The van der Waals surface area contributed by atoms with Gasteiger partial charge < -0.3 is 9.55 Å². The van der Waals surface area contributed by atoms with Crippen LogP contribution in [-0.4, -0.2) is 19.1 Å². The zero-order valence-electron chi connectivity index (χ0n) is 34.7. The van der Waals surface area contributed by atoms with Gasteiger partial charge in [-0.2, -0.15) is 0 Å². The van der Waals surface area contributed by atoms with Gasteiger partial charge in [-0.1, -0.05) is 161 Å². The molecule has 0 aliphatic carbocycles. The fourth-order valence-electron chi connectivity index (χ4n) is 9.06. The van der Waals surface area contributed by atoms with Crippen molar-refractivity contribution >= 4 is 54.6 Å². The average molecular weight is 969 g/mol. The number of hydrogen-bond donors (Lipinski definition) is 0. The minimum atomic E-state index is -0.336. The van der Waals surface area contributed by atoms with Crippen molar-refractivity contribution < 1.29 is 21.1 Å². The molecule has 4 heterocycles. The summed E-state index contributed by atoms with van der Waals surface area (Å²) in [5, 5.41) is 4.59. The predicted octanol–water partition coefficient (Wildman–Crippen LogP) is 13.5. The number of hydrogen-bond acceptors (Lipinski definition) is 2. The summed E-state index contributed by atoms with van der Waals surface area (Å²) in [5.74, 6) is 1.70. The maximum Gasteiger partial charge on any atom is 2.00 e. The Hall–Kier alpha value is -6.55. The molecule has 0 radical (unpaired) electrons.